The standard InChI is InChI=1S/C26H26ClN3O5S/c1-36(33,34)29(16-20-11-13-21(27)14-12-20)18-25(31)30-17-24(35-23-10-6-5-9-22(23)30)26(32)28-15-19-7-3-2-4-8-19/h2-14,24H,15-18H2,1H3,(H,28,32)/t24-/m1/s1. The topological polar surface area (TPSA) is 96.0 Å². The van der Waals surface area contributed by atoms with Crippen molar-refractivity contribution in [2.75, 3.05) is 24.2 Å². The van der Waals surface area contributed by atoms with E-state index >= 15 is 0 Å². The van der Waals surface area contributed by atoms with E-state index in [0.29, 0.717) is 28.6 Å². The van der Waals surface area contributed by atoms with E-state index in [9.17, 15) is 18.0 Å². The maximum absolute atomic E-state index is 13.4. The molecule has 0 radical (unpaired) electrons. The lowest BCUT2D eigenvalue weighted by molar-refractivity contribution is -0.128. The number of nitrogens with one attached hydrogen (secondary N) is 1. The molecule has 0 aromatic heterocycles. The minimum atomic E-state index is -3.71. The zero-order valence-corrected chi connectivity index (χ0v) is 21.2. The van der Waals surface area contributed by atoms with Crippen molar-refractivity contribution in [2.45, 2.75) is 19.2 Å². The number of hydrogen-bond donors (Lipinski definition) is 1. The van der Waals surface area contributed by atoms with Crippen LogP contribution in [0, 0.1) is 0 Å². The van der Waals surface area contributed by atoms with Crippen molar-refractivity contribution in [3.63, 3.8) is 0 Å². The Bertz CT molecular complexity index is 1330. The molecule has 1 aliphatic heterocycles. The Morgan fingerprint density at radius 2 is 1.67 bits per heavy atom. The lowest BCUT2D eigenvalue weighted by Crippen LogP contribution is -2.52. The van der Waals surface area contributed by atoms with Gasteiger partial charge in [0.25, 0.3) is 5.91 Å². The molecule has 1 N–H and O–H groups in total. The summed E-state index contributed by atoms with van der Waals surface area (Å²) in [5, 5.41) is 3.37. The van der Waals surface area contributed by atoms with Crippen LogP contribution in [0.15, 0.2) is 78.9 Å². The summed E-state index contributed by atoms with van der Waals surface area (Å²) >= 11 is 5.93. The highest BCUT2D eigenvalue weighted by atomic mass is 35.5. The Balaban J connectivity index is 1.51. The zero-order valence-electron chi connectivity index (χ0n) is 19.6. The highest BCUT2D eigenvalue weighted by Gasteiger charge is 2.35. The first-order chi connectivity index (χ1) is 17.2. The van der Waals surface area contributed by atoms with Crippen molar-refractivity contribution in [1.29, 1.82) is 0 Å². The number of halogens is 1. The predicted octanol–water partition coefficient (Wildman–Crippen LogP) is 3.21. The number of rotatable bonds is 8. The monoisotopic (exact) mass is 527 g/mol. The van der Waals surface area contributed by atoms with Crippen molar-refractivity contribution in [3.8, 4) is 5.75 Å². The van der Waals surface area contributed by atoms with Gasteiger partial charge in [-0.25, -0.2) is 8.42 Å². The smallest absolute Gasteiger partial charge is 0.263 e. The van der Waals surface area contributed by atoms with Gasteiger partial charge >= 0.3 is 0 Å². The normalized spacial score (nSPS) is 15.2. The molecule has 4 rings (SSSR count). The first-order valence-electron chi connectivity index (χ1n) is 11.3. The second-order valence-electron chi connectivity index (χ2n) is 8.44. The van der Waals surface area contributed by atoms with Gasteiger partial charge in [-0.2, -0.15) is 4.31 Å². The number of sulfonamides is 1. The van der Waals surface area contributed by atoms with Crippen molar-refractivity contribution in [2.24, 2.45) is 0 Å². The molecule has 0 fully saturated rings. The number of ether oxygens (including phenoxy) is 1. The van der Waals surface area contributed by atoms with E-state index in [0.717, 1.165) is 16.1 Å². The molecule has 10 heteroatoms. The predicted molar refractivity (Wildman–Crippen MR) is 138 cm³/mol. The van der Waals surface area contributed by atoms with Crippen LogP contribution in [0.4, 0.5) is 5.69 Å². The number of benzene rings is 3. The average molecular weight is 528 g/mol. The second kappa shape index (κ2) is 11.1. The maximum Gasteiger partial charge on any atom is 0.263 e. The molecular formula is C26H26ClN3O5S. The highest BCUT2D eigenvalue weighted by molar-refractivity contribution is 7.88. The third-order valence-corrected chi connectivity index (χ3v) is 7.18. The van der Waals surface area contributed by atoms with Gasteiger partial charge in [-0.05, 0) is 35.4 Å². The Labute approximate surface area is 215 Å². The molecule has 0 saturated heterocycles. The minimum Gasteiger partial charge on any atom is -0.477 e. The molecule has 1 aliphatic rings. The number of nitrogens with zero attached hydrogens (tertiary/aromatic N) is 2. The fourth-order valence-electron chi connectivity index (χ4n) is 3.83. The third-order valence-electron chi connectivity index (χ3n) is 5.73. The van der Waals surface area contributed by atoms with Crippen LogP contribution in [0.5, 0.6) is 5.75 Å². The third kappa shape index (κ3) is 6.42. The molecule has 2 amide bonds. The van der Waals surface area contributed by atoms with Crippen molar-refractivity contribution >= 4 is 39.1 Å². The van der Waals surface area contributed by atoms with Crippen LogP contribution in [0.25, 0.3) is 0 Å². The van der Waals surface area contributed by atoms with Crippen LogP contribution in [0.2, 0.25) is 5.02 Å². The molecule has 1 heterocycles. The molecule has 0 spiro atoms. The Kier molecular flexibility index (Phi) is 7.93. The fourth-order valence-corrected chi connectivity index (χ4v) is 4.68. The fraction of sp³-hybridized carbons (Fsp3) is 0.231. The first kappa shape index (κ1) is 25.7. The molecule has 188 valence electrons. The van der Waals surface area contributed by atoms with Gasteiger partial charge in [-0.3, -0.25) is 9.59 Å². The number of carbonyl (C=O) groups excluding carboxylic acids is 2. The van der Waals surface area contributed by atoms with Gasteiger partial charge < -0.3 is 15.0 Å². The number of para-hydroxylation sites is 2. The van der Waals surface area contributed by atoms with Crippen LogP contribution in [-0.4, -0.2) is 50.0 Å². The van der Waals surface area contributed by atoms with Gasteiger partial charge in [-0.1, -0.05) is 66.2 Å². The van der Waals surface area contributed by atoms with Gasteiger partial charge in [0, 0.05) is 18.1 Å². The molecule has 3 aromatic carbocycles. The summed E-state index contributed by atoms with van der Waals surface area (Å²) in [6, 6.07) is 23.1. The lowest BCUT2D eigenvalue weighted by atomic mass is 10.1. The Hall–Kier alpha value is -3.40. The average Bonchev–Trinajstić information content (AvgIpc) is 2.87. The maximum atomic E-state index is 13.4. The largest absolute Gasteiger partial charge is 0.477 e. The van der Waals surface area contributed by atoms with Crippen LogP contribution in [0.3, 0.4) is 0 Å². The molecule has 8 nitrogen and oxygen atoms in total. The molecule has 1 atom stereocenters. The lowest BCUT2D eigenvalue weighted by Gasteiger charge is -2.35. The van der Waals surface area contributed by atoms with Crippen LogP contribution in [-0.2, 0) is 32.7 Å². The molecule has 0 bridgehead atoms. The number of anilines is 1. The van der Waals surface area contributed by atoms with Gasteiger partial charge in [-0.15, -0.1) is 0 Å². The SMILES string of the molecule is CS(=O)(=O)N(CC(=O)N1C[C@H](C(=O)NCc2ccccc2)Oc2ccccc21)Cc1ccc(Cl)cc1. The quantitative estimate of drug-likeness (QED) is 0.485. The first-order valence-corrected chi connectivity index (χ1v) is 13.5. The highest BCUT2D eigenvalue weighted by Crippen LogP contribution is 2.33. The van der Waals surface area contributed by atoms with E-state index < -0.39 is 28.6 Å². The van der Waals surface area contributed by atoms with Crippen molar-refractivity contribution in [1.82, 2.24) is 9.62 Å². The molecule has 0 aliphatic carbocycles. The summed E-state index contributed by atoms with van der Waals surface area (Å²) < 4.78 is 32.0. The summed E-state index contributed by atoms with van der Waals surface area (Å²) in [4.78, 5) is 27.7. The summed E-state index contributed by atoms with van der Waals surface area (Å²) in [7, 11) is -3.71. The summed E-state index contributed by atoms with van der Waals surface area (Å²) in [6.45, 7) is -0.115. The van der Waals surface area contributed by atoms with Crippen LogP contribution < -0.4 is 15.0 Å². The number of hydrogen-bond acceptors (Lipinski definition) is 5. The Morgan fingerprint density at radius 3 is 2.36 bits per heavy atom. The number of amides is 2. The number of fused-ring (bicyclic) bond motifs is 1. The summed E-state index contributed by atoms with van der Waals surface area (Å²) in [5.74, 6) is -0.459. The van der Waals surface area contributed by atoms with Gasteiger partial charge in [0.15, 0.2) is 6.10 Å². The van der Waals surface area contributed by atoms with E-state index in [1.54, 1.807) is 48.5 Å². The Morgan fingerprint density at radius 1 is 1.00 bits per heavy atom. The molecule has 0 unspecified atom stereocenters. The molecule has 3 aromatic rings. The molecular weight excluding hydrogens is 502 g/mol. The van der Waals surface area contributed by atoms with E-state index in [1.165, 1.54) is 4.90 Å². The summed E-state index contributed by atoms with van der Waals surface area (Å²) in [5.41, 5.74) is 2.11. The van der Waals surface area contributed by atoms with E-state index in [4.69, 9.17) is 16.3 Å². The summed E-state index contributed by atoms with van der Waals surface area (Å²) in [6.07, 6.45) is 0.110. The van der Waals surface area contributed by atoms with E-state index in [2.05, 4.69) is 5.32 Å². The van der Waals surface area contributed by atoms with Crippen molar-refractivity contribution in [3.05, 3.63) is 95.0 Å². The van der Waals surface area contributed by atoms with Gasteiger partial charge in [0.05, 0.1) is 25.0 Å². The molecule has 0 saturated carbocycles. The number of carbonyl (C=O) groups is 2. The van der Waals surface area contributed by atoms with Crippen LogP contribution in [0.1, 0.15) is 11.1 Å². The second-order valence-corrected chi connectivity index (χ2v) is 10.9. The zero-order chi connectivity index (χ0) is 25.7. The molecule has 36 heavy (non-hydrogen) atoms. The van der Waals surface area contributed by atoms with Crippen molar-refractivity contribution < 1.29 is 22.7 Å². The van der Waals surface area contributed by atoms with Gasteiger partial charge in [0.1, 0.15) is 5.75 Å². The van der Waals surface area contributed by atoms with Gasteiger partial charge in [0.2, 0.25) is 15.9 Å². The minimum absolute atomic E-state index is 0.00865. The van der Waals surface area contributed by atoms with E-state index in [-0.39, 0.29) is 19.0 Å². The van der Waals surface area contributed by atoms with Crippen LogP contribution >= 0.6 is 11.6 Å². The van der Waals surface area contributed by atoms with E-state index in [1.807, 2.05) is 30.3 Å².